The van der Waals surface area contributed by atoms with Crippen molar-refractivity contribution < 1.29 is 24.2 Å². The average Bonchev–Trinajstić information content (AvgIpc) is 2.79. The van der Waals surface area contributed by atoms with Crippen LogP contribution >= 0.6 is 9.24 Å². The highest BCUT2D eigenvalue weighted by molar-refractivity contribution is 7.41. The van der Waals surface area contributed by atoms with E-state index in [1.54, 1.807) is 18.2 Å². The molecule has 0 amide bonds. The molecule has 1 unspecified atom stereocenters. The van der Waals surface area contributed by atoms with E-state index in [0.717, 1.165) is 17.2 Å². The van der Waals surface area contributed by atoms with Crippen LogP contribution in [-0.4, -0.2) is 21.5 Å². The van der Waals surface area contributed by atoms with Crippen LogP contribution < -0.4 is 0 Å². The maximum Gasteiger partial charge on any atom is 0.178 e. The van der Waals surface area contributed by atoms with Gasteiger partial charge in [0.05, 0.1) is 5.56 Å². The molecule has 3 rings (SSSR count). The van der Waals surface area contributed by atoms with E-state index < -0.39 is 11.6 Å². The van der Waals surface area contributed by atoms with Crippen LogP contribution in [0.2, 0.25) is 0 Å². The molecule has 0 saturated carbocycles. The molecule has 0 aromatic heterocycles. The topological polar surface area (TPSA) is 74.6 Å². The van der Waals surface area contributed by atoms with Crippen LogP contribution in [0.15, 0.2) is 54.6 Å². The van der Waals surface area contributed by atoms with Gasteiger partial charge in [0.2, 0.25) is 0 Å². The highest BCUT2D eigenvalue weighted by Gasteiger charge is 2.11. The number of halogens is 1. The maximum absolute atomic E-state index is 12.7. The highest BCUT2D eigenvalue weighted by Crippen LogP contribution is 2.31. The molecule has 0 heterocycles. The number of aryl methyl sites for hydroxylation is 2. The van der Waals surface area contributed by atoms with E-state index in [4.69, 9.17) is 5.11 Å². The fourth-order valence-corrected chi connectivity index (χ4v) is 2.87. The van der Waals surface area contributed by atoms with Gasteiger partial charge in [0, 0.05) is 11.1 Å². The van der Waals surface area contributed by atoms with Crippen molar-refractivity contribution in [3.63, 3.8) is 0 Å². The molecule has 6 heteroatoms. The highest BCUT2D eigenvalue weighted by atomic mass is 31.0. The molecule has 0 radical (unpaired) electrons. The number of ketones is 1. The van der Waals surface area contributed by atoms with Gasteiger partial charge in [-0.2, -0.15) is 0 Å². The molecule has 0 saturated heterocycles. The molecule has 0 aliphatic carbocycles. The van der Waals surface area contributed by atoms with Crippen LogP contribution in [0.5, 0.6) is 11.5 Å². The maximum atomic E-state index is 12.7. The summed E-state index contributed by atoms with van der Waals surface area (Å²) in [5, 5.41) is 18.9. The summed E-state index contributed by atoms with van der Waals surface area (Å²) < 4.78 is 12.7. The number of phenols is 2. The molecule has 0 spiro atoms. The average molecular weight is 473 g/mol. The number of hydrogen-bond acceptors (Lipinski definition) is 4. The molecular weight excluding hydrogens is 438 g/mol. The second-order valence-electron chi connectivity index (χ2n) is 6.59. The summed E-state index contributed by atoms with van der Waals surface area (Å²) in [5.74, 6) is -1.27. The van der Waals surface area contributed by atoms with E-state index in [1.807, 2.05) is 59.7 Å². The zero-order valence-corrected chi connectivity index (χ0v) is 21.5. The number of hydrogen-bond donors (Lipinski definition) is 2. The minimum atomic E-state index is -0.683. The number of benzene rings is 3. The Hall–Kier alpha value is -3.04. The van der Waals surface area contributed by atoms with Crippen molar-refractivity contribution in [2.24, 2.45) is 0 Å². The summed E-state index contributed by atoms with van der Waals surface area (Å²) in [6.45, 7) is 13.3. The van der Waals surface area contributed by atoms with Gasteiger partial charge in [-0.15, -0.1) is 0 Å². The third-order valence-corrected chi connectivity index (χ3v) is 4.78. The molecule has 4 nitrogen and oxygen atoms in total. The summed E-state index contributed by atoms with van der Waals surface area (Å²) in [6.07, 6.45) is 0. The summed E-state index contributed by atoms with van der Waals surface area (Å²) >= 11 is 0. The second kappa shape index (κ2) is 14.9. The SMILES string of the molecule is CC.CC.CC(=O)c1c(O)cccc1F.Cc1ccc(-c2cc(C(=O)P)ccc2O)cc1C. The van der Waals surface area contributed by atoms with Gasteiger partial charge in [-0.05, 0) is 67.8 Å². The first kappa shape index (κ1) is 30.0. The Bertz CT molecular complexity index is 1060. The lowest BCUT2D eigenvalue weighted by atomic mass is 9.98. The number of aromatic hydroxyl groups is 2. The molecule has 3 aromatic carbocycles. The lowest BCUT2D eigenvalue weighted by Gasteiger charge is -2.09. The molecule has 2 N–H and O–H groups in total. The third-order valence-electron chi connectivity index (χ3n) is 4.44. The first-order valence-electron chi connectivity index (χ1n) is 10.8. The largest absolute Gasteiger partial charge is 0.507 e. The molecule has 0 aliphatic rings. The van der Waals surface area contributed by atoms with E-state index in [9.17, 15) is 19.1 Å². The minimum absolute atomic E-state index is 0.0833. The van der Waals surface area contributed by atoms with Crippen LogP contribution in [0, 0.1) is 19.7 Å². The minimum Gasteiger partial charge on any atom is -0.507 e. The van der Waals surface area contributed by atoms with Crippen molar-refractivity contribution in [3.8, 4) is 22.6 Å². The van der Waals surface area contributed by atoms with Crippen LogP contribution in [0.3, 0.4) is 0 Å². The van der Waals surface area contributed by atoms with E-state index >= 15 is 0 Å². The Kier molecular flexibility index (Phi) is 13.5. The Morgan fingerprint density at radius 1 is 0.818 bits per heavy atom. The summed E-state index contributed by atoms with van der Waals surface area (Å²) in [5.41, 5.74) is 4.22. The Morgan fingerprint density at radius 2 is 1.42 bits per heavy atom. The third kappa shape index (κ3) is 8.78. The van der Waals surface area contributed by atoms with Gasteiger partial charge in [0.1, 0.15) is 17.3 Å². The van der Waals surface area contributed by atoms with E-state index in [-0.39, 0.29) is 22.6 Å². The summed E-state index contributed by atoms with van der Waals surface area (Å²) in [7, 11) is 2.14. The Labute approximate surface area is 198 Å². The van der Waals surface area contributed by atoms with Gasteiger partial charge in [0.15, 0.2) is 11.3 Å². The van der Waals surface area contributed by atoms with E-state index in [1.165, 1.54) is 24.6 Å². The molecule has 178 valence electrons. The monoisotopic (exact) mass is 472 g/mol. The molecule has 0 aliphatic heterocycles. The van der Waals surface area contributed by atoms with Crippen LogP contribution in [0.1, 0.15) is 66.5 Å². The predicted octanol–water partition coefficient (Wildman–Crippen LogP) is 7.48. The molecule has 0 fully saturated rings. The van der Waals surface area contributed by atoms with Crippen molar-refractivity contribution in [1.82, 2.24) is 0 Å². The Morgan fingerprint density at radius 3 is 1.88 bits per heavy atom. The predicted molar refractivity (Wildman–Crippen MR) is 138 cm³/mol. The van der Waals surface area contributed by atoms with E-state index in [2.05, 4.69) is 9.24 Å². The van der Waals surface area contributed by atoms with Gasteiger partial charge in [-0.25, -0.2) is 4.39 Å². The van der Waals surface area contributed by atoms with Crippen LogP contribution in [-0.2, 0) is 0 Å². The van der Waals surface area contributed by atoms with Crippen LogP contribution in [0.4, 0.5) is 4.39 Å². The normalized spacial score (nSPS) is 9.24. The quantitative estimate of drug-likeness (QED) is 0.306. The summed E-state index contributed by atoms with van der Waals surface area (Å²) in [4.78, 5) is 22.0. The number of carbonyl (C=O) groups excluding carboxylic acids is 2. The van der Waals surface area contributed by atoms with Gasteiger partial charge in [0.25, 0.3) is 0 Å². The van der Waals surface area contributed by atoms with Crippen molar-refractivity contribution in [2.75, 3.05) is 0 Å². The van der Waals surface area contributed by atoms with Crippen molar-refractivity contribution >= 4 is 20.5 Å². The number of carbonyl (C=O) groups is 2. The standard InChI is InChI=1S/C15H15O2P.C8H7FO2.2C2H6/c1-9-3-4-11(7-10(9)2)13-8-12(15(17)18)5-6-14(13)16;1-5(10)8-6(9)3-2-4-7(8)11;2*1-2/h3-8,16H,18H2,1-2H3;2-4,11H,1H3;2*1-2H3. The zero-order valence-electron chi connectivity index (χ0n) is 20.4. The van der Waals surface area contributed by atoms with Gasteiger partial charge in [-0.1, -0.05) is 61.2 Å². The Balaban J connectivity index is 0.000000586. The first-order valence-corrected chi connectivity index (χ1v) is 11.4. The molecular formula is C27H34FO4P. The number of Topliss-reactive ketones (excluding diaryl/α,β-unsaturated/α-hetero) is 1. The smallest absolute Gasteiger partial charge is 0.178 e. The fourth-order valence-electron chi connectivity index (χ4n) is 2.69. The van der Waals surface area contributed by atoms with Gasteiger partial charge < -0.3 is 10.2 Å². The lowest BCUT2D eigenvalue weighted by Crippen LogP contribution is -1.96. The van der Waals surface area contributed by atoms with Gasteiger partial charge in [-0.3, -0.25) is 9.59 Å². The van der Waals surface area contributed by atoms with Crippen LogP contribution in [0.25, 0.3) is 11.1 Å². The lowest BCUT2D eigenvalue weighted by molar-refractivity contribution is 0.101. The number of phenolic OH excluding ortho intramolecular Hbond substituents is 2. The number of rotatable bonds is 3. The fraction of sp³-hybridized carbons (Fsp3) is 0.259. The second-order valence-corrected chi connectivity index (χ2v) is 7.11. The molecule has 0 bridgehead atoms. The molecule has 1 atom stereocenters. The van der Waals surface area contributed by atoms with Gasteiger partial charge >= 0.3 is 0 Å². The molecule has 3 aromatic rings. The van der Waals surface area contributed by atoms with Crippen molar-refractivity contribution in [1.29, 1.82) is 0 Å². The summed E-state index contributed by atoms with van der Waals surface area (Å²) in [6, 6.07) is 14.6. The van der Waals surface area contributed by atoms with E-state index in [0.29, 0.717) is 11.1 Å². The zero-order chi connectivity index (χ0) is 25.7. The van der Waals surface area contributed by atoms with Crippen molar-refractivity contribution in [3.05, 3.63) is 82.7 Å². The molecule has 33 heavy (non-hydrogen) atoms. The van der Waals surface area contributed by atoms with Crippen molar-refractivity contribution in [2.45, 2.75) is 48.5 Å². The first-order chi connectivity index (χ1) is 15.6.